The third-order valence-electron chi connectivity index (χ3n) is 5.22. The van der Waals surface area contributed by atoms with Crippen LogP contribution in [-0.2, 0) is 16.5 Å². The number of Topliss-reactive ketones (excluding diaryl/α,β-unsaturated/α-hetero) is 1. The molecule has 7 nitrogen and oxygen atoms in total. The van der Waals surface area contributed by atoms with Crippen LogP contribution in [0.25, 0.3) is 0 Å². The molecule has 2 rings (SSSR count). The maximum Gasteiger partial charge on any atom is 0.354 e. The molecule has 0 unspecified atom stereocenters. The number of halogens is 1. The van der Waals surface area contributed by atoms with E-state index in [0.29, 0.717) is 59.3 Å². The first-order chi connectivity index (χ1) is 14.7. The minimum Gasteiger partial charge on any atom is -0.464 e. The molecule has 1 aromatic heterocycles. The van der Waals surface area contributed by atoms with Crippen molar-refractivity contribution in [2.24, 2.45) is 7.05 Å². The molecule has 0 radical (unpaired) electrons. The summed E-state index contributed by atoms with van der Waals surface area (Å²) in [5.41, 5.74) is 2.41. The summed E-state index contributed by atoms with van der Waals surface area (Å²) < 4.78 is 11.9. The van der Waals surface area contributed by atoms with Crippen LogP contribution >= 0.6 is 11.6 Å². The van der Waals surface area contributed by atoms with E-state index in [1.807, 2.05) is 6.92 Å². The average molecular weight is 449 g/mol. The van der Waals surface area contributed by atoms with Gasteiger partial charge in [0.15, 0.2) is 5.78 Å². The van der Waals surface area contributed by atoms with Gasteiger partial charge in [-0.2, -0.15) is 0 Å². The minimum absolute atomic E-state index is 0.111. The van der Waals surface area contributed by atoms with Crippen molar-refractivity contribution in [2.45, 2.75) is 27.2 Å². The van der Waals surface area contributed by atoms with Gasteiger partial charge in [-0.05, 0) is 57.0 Å². The second-order valence-corrected chi connectivity index (χ2v) is 7.63. The summed E-state index contributed by atoms with van der Waals surface area (Å²) in [5, 5.41) is 0.529. The molecule has 0 aliphatic carbocycles. The summed E-state index contributed by atoms with van der Waals surface area (Å²) in [6, 6.07) is 6.56. The van der Waals surface area contributed by atoms with Crippen LogP contribution in [0.2, 0.25) is 5.02 Å². The van der Waals surface area contributed by atoms with E-state index in [9.17, 15) is 14.4 Å². The van der Waals surface area contributed by atoms with Crippen LogP contribution in [0, 0.1) is 13.8 Å². The quantitative estimate of drug-likeness (QED) is 0.313. The number of nitrogens with zero attached hydrogens (tertiary/aromatic N) is 2. The van der Waals surface area contributed by atoms with Gasteiger partial charge < -0.3 is 18.9 Å². The van der Waals surface area contributed by atoms with Crippen molar-refractivity contribution >= 4 is 29.3 Å². The molecule has 0 saturated heterocycles. The maximum absolute atomic E-state index is 13.2. The summed E-state index contributed by atoms with van der Waals surface area (Å²) in [5.74, 6) is -1.01. The van der Waals surface area contributed by atoms with E-state index in [1.54, 1.807) is 49.7 Å². The lowest BCUT2D eigenvalue weighted by Gasteiger charge is -2.22. The number of rotatable bonds is 10. The number of esters is 1. The molecule has 0 fully saturated rings. The van der Waals surface area contributed by atoms with Crippen LogP contribution in [0.1, 0.15) is 55.8 Å². The van der Waals surface area contributed by atoms with Gasteiger partial charge in [-0.25, -0.2) is 4.79 Å². The van der Waals surface area contributed by atoms with E-state index < -0.39 is 5.97 Å². The lowest BCUT2D eigenvalue weighted by Crippen LogP contribution is -2.37. The molecule has 0 spiro atoms. The van der Waals surface area contributed by atoms with E-state index in [2.05, 4.69) is 0 Å². The third kappa shape index (κ3) is 5.74. The average Bonchev–Trinajstić information content (AvgIpc) is 2.98. The largest absolute Gasteiger partial charge is 0.464 e. The van der Waals surface area contributed by atoms with Crippen molar-refractivity contribution < 1.29 is 23.9 Å². The Hall–Kier alpha value is -2.64. The van der Waals surface area contributed by atoms with Gasteiger partial charge in [0.25, 0.3) is 5.91 Å². The van der Waals surface area contributed by atoms with Gasteiger partial charge in [0.05, 0.1) is 13.7 Å². The molecule has 168 valence electrons. The van der Waals surface area contributed by atoms with Crippen molar-refractivity contribution in [3.63, 3.8) is 0 Å². The molecule has 2 aromatic rings. The van der Waals surface area contributed by atoms with Crippen molar-refractivity contribution in [1.82, 2.24) is 9.47 Å². The van der Waals surface area contributed by atoms with E-state index in [0.717, 1.165) is 0 Å². The molecule has 31 heavy (non-hydrogen) atoms. The van der Waals surface area contributed by atoms with Crippen LogP contribution in [0.4, 0.5) is 0 Å². The molecule has 0 atom stereocenters. The number of carbonyl (C=O) groups excluding carboxylic acids is 3. The fourth-order valence-electron chi connectivity index (χ4n) is 3.56. The van der Waals surface area contributed by atoms with Crippen LogP contribution in [0.15, 0.2) is 24.3 Å². The summed E-state index contributed by atoms with van der Waals surface area (Å²) >= 11 is 5.93. The van der Waals surface area contributed by atoms with Crippen molar-refractivity contribution in [3.8, 4) is 0 Å². The monoisotopic (exact) mass is 448 g/mol. The lowest BCUT2D eigenvalue weighted by atomic mass is 10.0. The molecule has 0 aliphatic rings. The Bertz CT molecular complexity index is 950. The predicted molar refractivity (Wildman–Crippen MR) is 119 cm³/mol. The second-order valence-electron chi connectivity index (χ2n) is 7.19. The Morgan fingerprint density at radius 3 is 2.35 bits per heavy atom. The number of ketones is 1. The zero-order valence-corrected chi connectivity index (χ0v) is 19.4. The summed E-state index contributed by atoms with van der Waals surface area (Å²) in [4.78, 5) is 40.0. The van der Waals surface area contributed by atoms with E-state index >= 15 is 0 Å². The number of ether oxygens (including phenoxy) is 2. The van der Waals surface area contributed by atoms with Crippen molar-refractivity contribution in [2.75, 3.05) is 33.4 Å². The number of hydrogen-bond acceptors (Lipinski definition) is 5. The summed E-state index contributed by atoms with van der Waals surface area (Å²) in [7, 11) is 3.01. The lowest BCUT2D eigenvalue weighted by molar-refractivity contribution is 0.0588. The molecular formula is C23H29ClN2O5. The van der Waals surface area contributed by atoms with Crippen LogP contribution in [0.5, 0.6) is 0 Å². The van der Waals surface area contributed by atoms with Gasteiger partial charge in [0.2, 0.25) is 0 Å². The number of methoxy groups -OCH3 is 1. The number of aromatic nitrogens is 1. The standard InChI is InChI=1S/C23H29ClN2O5/c1-6-31-13-7-12-26(22(28)17-8-10-18(24)11-9-17)14-19(27)20-15(2)21(23(29)30-5)25(4)16(20)3/h8-11H,6-7,12-14H2,1-5H3. The zero-order chi connectivity index (χ0) is 23.1. The van der Waals surface area contributed by atoms with Crippen LogP contribution < -0.4 is 0 Å². The Balaban J connectivity index is 2.31. The van der Waals surface area contributed by atoms with Gasteiger partial charge in [0, 0.05) is 48.6 Å². The fourth-order valence-corrected chi connectivity index (χ4v) is 3.68. The topological polar surface area (TPSA) is 77.8 Å². The zero-order valence-electron chi connectivity index (χ0n) is 18.7. The first-order valence-corrected chi connectivity index (χ1v) is 10.5. The molecular weight excluding hydrogens is 420 g/mol. The van der Waals surface area contributed by atoms with Crippen LogP contribution in [-0.4, -0.2) is 60.5 Å². The van der Waals surface area contributed by atoms with Gasteiger partial charge >= 0.3 is 5.97 Å². The smallest absolute Gasteiger partial charge is 0.354 e. The minimum atomic E-state index is -0.507. The summed E-state index contributed by atoms with van der Waals surface area (Å²) in [6.45, 7) is 6.72. The Labute approximate surface area is 187 Å². The van der Waals surface area contributed by atoms with E-state index in [-0.39, 0.29) is 18.2 Å². The first kappa shape index (κ1) is 24.6. The normalized spacial score (nSPS) is 10.8. The molecule has 0 bridgehead atoms. The first-order valence-electron chi connectivity index (χ1n) is 10.1. The van der Waals surface area contributed by atoms with E-state index in [4.69, 9.17) is 21.1 Å². The fraction of sp³-hybridized carbons (Fsp3) is 0.435. The number of hydrogen-bond donors (Lipinski definition) is 0. The van der Waals surface area contributed by atoms with Crippen molar-refractivity contribution in [3.05, 3.63) is 57.4 Å². The highest BCUT2D eigenvalue weighted by Crippen LogP contribution is 2.23. The SMILES string of the molecule is CCOCCCN(CC(=O)c1c(C)c(C(=O)OC)n(C)c1C)C(=O)c1ccc(Cl)cc1. The molecule has 1 amide bonds. The highest BCUT2D eigenvalue weighted by atomic mass is 35.5. The molecule has 0 aliphatic heterocycles. The Morgan fingerprint density at radius 1 is 1.13 bits per heavy atom. The molecule has 0 N–H and O–H groups in total. The van der Waals surface area contributed by atoms with Gasteiger partial charge in [-0.1, -0.05) is 11.6 Å². The molecule has 1 aromatic carbocycles. The number of carbonyl (C=O) groups is 3. The summed E-state index contributed by atoms with van der Waals surface area (Å²) in [6.07, 6.45) is 0.598. The maximum atomic E-state index is 13.2. The van der Waals surface area contributed by atoms with Crippen molar-refractivity contribution in [1.29, 1.82) is 0 Å². The van der Waals surface area contributed by atoms with Crippen LogP contribution in [0.3, 0.4) is 0 Å². The third-order valence-corrected chi connectivity index (χ3v) is 5.47. The molecule has 1 heterocycles. The van der Waals surface area contributed by atoms with Gasteiger partial charge in [-0.15, -0.1) is 0 Å². The molecule has 0 saturated carbocycles. The Morgan fingerprint density at radius 2 is 1.77 bits per heavy atom. The second kappa shape index (κ2) is 11.1. The van der Waals surface area contributed by atoms with Gasteiger partial charge in [0.1, 0.15) is 5.69 Å². The predicted octanol–water partition coefficient (Wildman–Crippen LogP) is 3.83. The number of benzene rings is 1. The molecule has 8 heteroatoms. The van der Waals surface area contributed by atoms with Gasteiger partial charge in [-0.3, -0.25) is 9.59 Å². The highest BCUT2D eigenvalue weighted by Gasteiger charge is 2.27. The number of amides is 1. The Kier molecular flexibility index (Phi) is 8.83. The van der Waals surface area contributed by atoms with E-state index in [1.165, 1.54) is 12.0 Å². The highest BCUT2D eigenvalue weighted by molar-refractivity contribution is 6.30.